The Labute approximate surface area is 101 Å². The lowest BCUT2D eigenvalue weighted by Crippen LogP contribution is -2.46. The molecule has 1 fully saturated rings. The number of rotatable bonds is 2. The van der Waals surface area contributed by atoms with Crippen LogP contribution in [0.4, 0.5) is 11.6 Å². The number of anilines is 2. The lowest BCUT2D eigenvalue weighted by Gasteiger charge is -2.36. The van der Waals surface area contributed by atoms with Gasteiger partial charge >= 0.3 is 0 Å². The van der Waals surface area contributed by atoms with Gasteiger partial charge in [-0.3, -0.25) is 0 Å². The second-order valence-corrected chi connectivity index (χ2v) is 4.28. The number of morpholine rings is 1. The largest absolute Gasteiger partial charge is 0.490 e. The number of ether oxygens (including phenoxy) is 2. The van der Waals surface area contributed by atoms with Crippen molar-refractivity contribution in [3.05, 3.63) is 6.33 Å². The molecule has 2 heterocycles. The molecule has 0 aromatic carbocycles. The van der Waals surface area contributed by atoms with Crippen molar-refractivity contribution in [2.24, 2.45) is 0 Å². The highest BCUT2D eigenvalue weighted by atomic mass is 16.5. The van der Waals surface area contributed by atoms with E-state index in [0.29, 0.717) is 11.6 Å². The van der Waals surface area contributed by atoms with E-state index >= 15 is 0 Å². The summed E-state index contributed by atoms with van der Waals surface area (Å²) in [7, 11) is 1.58. The maximum absolute atomic E-state index is 5.77. The van der Waals surface area contributed by atoms with Crippen molar-refractivity contribution in [1.29, 1.82) is 0 Å². The van der Waals surface area contributed by atoms with Crippen LogP contribution in [0.25, 0.3) is 0 Å². The molecule has 2 unspecified atom stereocenters. The number of hydrogen-bond donors (Lipinski definition) is 1. The van der Waals surface area contributed by atoms with Crippen LogP contribution < -0.4 is 15.4 Å². The first-order valence-electron chi connectivity index (χ1n) is 5.66. The fourth-order valence-electron chi connectivity index (χ4n) is 2.15. The number of nitrogens with zero attached hydrogens (tertiary/aromatic N) is 3. The first-order valence-corrected chi connectivity index (χ1v) is 5.66. The molecule has 0 saturated carbocycles. The molecular weight excluding hydrogens is 220 g/mol. The van der Waals surface area contributed by atoms with Gasteiger partial charge in [-0.25, -0.2) is 9.97 Å². The zero-order chi connectivity index (χ0) is 12.4. The van der Waals surface area contributed by atoms with Gasteiger partial charge in [-0.1, -0.05) is 0 Å². The van der Waals surface area contributed by atoms with Crippen LogP contribution in [0, 0.1) is 0 Å². The molecule has 1 saturated heterocycles. The van der Waals surface area contributed by atoms with Gasteiger partial charge < -0.3 is 20.1 Å². The number of hydrogen-bond acceptors (Lipinski definition) is 6. The van der Waals surface area contributed by atoms with Crippen molar-refractivity contribution in [2.45, 2.75) is 26.1 Å². The highest BCUT2D eigenvalue weighted by molar-refractivity contribution is 5.62. The molecule has 0 bridgehead atoms. The number of nitrogen functional groups attached to an aromatic ring is 1. The molecule has 2 rings (SSSR count). The summed E-state index contributed by atoms with van der Waals surface area (Å²) in [5.41, 5.74) is 5.77. The minimum Gasteiger partial charge on any atom is -0.490 e. The van der Waals surface area contributed by atoms with Gasteiger partial charge in [0.15, 0.2) is 11.6 Å². The third-order valence-electron chi connectivity index (χ3n) is 2.74. The topological polar surface area (TPSA) is 73.5 Å². The summed E-state index contributed by atoms with van der Waals surface area (Å²) in [6.45, 7) is 5.63. The fraction of sp³-hybridized carbons (Fsp3) is 0.636. The number of nitrogens with two attached hydrogens (primary N) is 1. The summed E-state index contributed by atoms with van der Waals surface area (Å²) in [6.07, 6.45) is 1.79. The van der Waals surface area contributed by atoms with Crippen molar-refractivity contribution in [3.8, 4) is 5.75 Å². The van der Waals surface area contributed by atoms with E-state index in [1.807, 2.05) is 13.8 Å². The first-order chi connectivity index (χ1) is 8.11. The van der Waals surface area contributed by atoms with Gasteiger partial charge in [0, 0.05) is 13.1 Å². The molecule has 0 spiro atoms. The van der Waals surface area contributed by atoms with E-state index in [1.165, 1.54) is 6.33 Å². The van der Waals surface area contributed by atoms with Crippen LogP contribution in [-0.4, -0.2) is 42.4 Å². The molecular formula is C11H18N4O2. The van der Waals surface area contributed by atoms with Gasteiger partial charge in [0.2, 0.25) is 5.75 Å². The highest BCUT2D eigenvalue weighted by Gasteiger charge is 2.26. The Morgan fingerprint density at radius 1 is 1.35 bits per heavy atom. The molecule has 94 valence electrons. The number of aromatic nitrogens is 2. The third-order valence-corrected chi connectivity index (χ3v) is 2.74. The smallest absolute Gasteiger partial charge is 0.204 e. The van der Waals surface area contributed by atoms with E-state index in [0.717, 1.165) is 18.9 Å². The maximum atomic E-state index is 5.77. The van der Waals surface area contributed by atoms with Crippen LogP contribution in [-0.2, 0) is 4.74 Å². The van der Waals surface area contributed by atoms with Crippen LogP contribution in [0.2, 0.25) is 0 Å². The Morgan fingerprint density at radius 2 is 2.00 bits per heavy atom. The molecule has 2 N–H and O–H groups in total. The third kappa shape index (κ3) is 2.41. The van der Waals surface area contributed by atoms with Crippen molar-refractivity contribution < 1.29 is 9.47 Å². The predicted molar refractivity (Wildman–Crippen MR) is 65.2 cm³/mol. The van der Waals surface area contributed by atoms with Gasteiger partial charge in [-0.15, -0.1) is 0 Å². The van der Waals surface area contributed by atoms with Crippen molar-refractivity contribution in [3.63, 3.8) is 0 Å². The first kappa shape index (κ1) is 11.9. The van der Waals surface area contributed by atoms with E-state index in [2.05, 4.69) is 14.9 Å². The lowest BCUT2D eigenvalue weighted by molar-refractivity contribution is -0.00558. The molecule has 6 nitrogen and oxygen atoms in total. The standard InChI is InChI=1S/C11H18N4O2/c1-7-4-15(5-8(2)17-7)11-9(16-3)10(12)13-6-14-11/h6-8H,4-5H2,1-3H3,(H2,12,13,14). The van der Waals surface area contributed by atoms with Crippen molar-refractivity contribution in [2.75, 3.05) is 30.8 Å². The van der Waals surface area contributed by atoms with Gasteiger partial charge in [0.25, 0.3) is 0 Å². The SMILES string of the molecule is COc1c(N)ncnc1N1CC(C)OC(C)C1. The van der Waals surface area contributed by atoms with Gasteiger partial charge in [-0.05, 0) is 13.8 Å². The minimum atomic E-state index is 0.166. The van der Waals surface area contributed by atoms with E-state index in [-0.39, 0.29) is 12.2 Å². The van der Waals surface area contributed by atoms with Crippen LogP contribution in [0.3, 0.4) is 0 Å². The Kier molecular flexibility index (Phi) is 3.33. The second-order valence-electron chi connectivity index (χ2n) is 4.28. The van der Waals surface area contributed by atoms with Gasteiger partial charge in [0.1, 0.15) is 6.33 Å². The Bertz CT molecular complexity index is 389. The molecule has 1 aromatic heterocycles. The summed E-state index contributed by atoms with van der Waals surface area (Å²) < 4.78 is 11.0. The summed E-state index contributed by atoms with van der Waals surface area (Å²) in [5.74, 6) is 1.64. The zero-order valence-electron chi connectivity index (χ0n) is 10.4. The minimum absolute atomic E-state index is 0.166. The zero-order valence-corrected chi connectivity index (χ0v) is 10.4. The van der Waals surface area contributed by atoms with Crippen molar-refractivity contribution >= 4 is 11.6 Å². The molecule has 0 radical (unpaired) electrons. The number of methoxy groups -OCH3 is 1. The Morgan fingerprint density at radius 3 is 2.59 bits per heavy atom. The van der Waals surface area contributed by atoms with Gasteiger partial charge in [-0.2, -0.15) is 0 Å². The molecule has 2 atom stereocenters. The molecule has 1 aromatic rings. The summed E-state index contributed by atoms with van der Waals surface area (Å²) in [4.78, 5) is 10.3. The van der Waals surface area contributed by atoms with E-state index < -0.39 is 0 Å². The normalized spacial score (nSPS) is 24.8. The van der Waals surface area contributed by atoms with Crippen LogP contribution in [0.1, 0.15) is 13.8 Å². The maximum Gasteiger partial charge on any atom is 0.204 e. The molecule has 1 aliphatic rings. The van der Waals surface area contributed by atoms with Gasteiger partial charge in [0.05, 0.1) is 19.3 Å². The predicted octanol–water partition coefficient (Wildman–Crippen LogP) is 0.681. The molecule has 1 aliphatic heterocycles. The molecule has 0 aliphatic carbocycles. The Balaban J connectivity index is 2.30. The quantitative estimate of drug-likeness (QED) is 0.816. The lowest BCUT2D eigenvalue weighted by atomic mass is 10.2. The second kappa shape index (κ2) is 4.75. The highest BCUT2D eigenvalue weighted by Crippen LogP contribution is 2.31. The molecule has 0 amide bonds. The summed E-state index contributed by atoms with van der Waals surface area (Å²) in [6, 6.07) is 0. The van der Waals surface area contributed by atoms with E-state index in [9.17, 15) is 0 Å². The van der Waals surface area contributed by atoms with Crippen molar-refractivity contribution in [1.82, 2.24) is 9.97 Å². The average molecular weight is 238 g/mol. The van der Waals surface area contributed by atoms with Crippen LogP contribution >= 0.6 is 0 Å². The average Bonchev–Trinajstić information content (AvgIpc) is 2.27. The molecule has 6 heteroatoms. The van der Waals surface area contributed by atoms with E-state index in [1.54, 1.807) is 7.11 Å². The monoisotopic (exact) mass is 238 g/mol. The van der Waals surface area contributed by atoms with E-state index in [4.69, 9.17) is 15.2 Å². The summed E-state index contributed by atoms with van der Waals surface area (Å²) in [5, 5.41) is 0. The van der Waals surface area contributed by atoms with Crippen LogP contribution in [0.15, 0.2) is 6.33 Å². The Hall–Kier alpha value is -1.56. The van der Waals surface area contributed by atoms with Crippen LogP contribution in [0.5, 0.6) is 5.75 Å². The summed E-state index contributed by atoms with van der Waals surface area (Å²) >= 11 is 0. The molecule has 17 heavy (non-hydrogen) atoms. The fourth-order valence-corrected chi connectivity index (χ4v) is 2.15.